The minimum Gasteiger partial charge on any atom is -0.336 e. The van der Waals surface area contributed by atoms with Crippen LogP contribution in [0.4, 0.5) is 10.5 Å². The summed E-state index contributed by atoms with van der Waals surface area (Å²) in [5, 5.41) is 9.25. The maximum absolute atomic E-state index is 12.1. The van der Waals surface area contributed by atoms with Crippen LogP contribution in [-0.2, 0) is 6.42 Å². The highest BCUT2D eigenvalue weighted by molar-refractivity contribution is 5.96. The topological polar surface area (TPSA) is 70.2 Å². The van der Waals surface area contributed by atoms with Crippen molar-refractivity contribution in [2.45, 2.75) is 32.2 Å². The summed E-state index contributed by atoms with van der Waals surface area (Å²) in [5.41, 5.74) is 2.60. The van der Waals surface area contributed by atoms with E-state index in [1.165, 1.54) is 12.5 Å². The van der Waals surface area contributed by atoms with E-state index in [9.17, 15) is 9.59 Å². The lowest BCUT2D eigenvalue weighted by Gasteiger charge is -2.30. The highest BCUT2D eigenvalue weighted by Crippen LogP contribution is 2.19. The molecule has 1 aliphatic rings. The normalized spacial score (nSPS) is 19.3. The number of piperidine rings is 1. The number of Topliss-reactive ketones (excluding diaryl/α,β-unsaturated/α-hetero) is 1. The van der Waals surface area contributed by atoms with E-state index in [2.05, 4.69) is 40.2 Å². The molecule has 2 aromatic carbocycles. The first-order chi connectivity index (χ1) is 13.1. The molecular formula is C22H27N3O2. The smallest absolute Gasteiger partial charge is 0.319 e. The summed E-state index contributed by atoms with van der Waals surface area (Å²) in [5.74, 6) is 0.627. The maximum atomic E-state index is 12.1. The molecule has 0 spiro atoms. The molecule has 2 atom stereocenters. The summed E-state index contributed by atoms with van der Waals surface area (Å²) in [6.45, 7) is 3.08. The van der Waals surface area contributed by atoms with Crippen LogP contribution in [0.5, 0.6) is 0 Å². The zero-order valence-electron chi connectivity index (χ0n) is 15.7. The number of carbonyl (C=O) groups excluding carboxylic acids is 2. The molecule has 0 bridgehead atoms. The largest absolute Gasteiger partial charge is 0.336 e. The number of anilines is 1. The Hall–Kier alpha value is -2.66. The van der Waals surface area contributed by atoms with Gasteiger partial charge in [0.25, 0.3) is 0 Å². The third-order valence-corrected chi connectivity index (χ3v) is 5.02. The van der Waals surface area contributed by atoms with Crippen molar-refractivity contribution in [2.75, 3.05) is 18.4 Å². The van der Waals surface area contributed by atoms with Crippen LogP contribution in [0.1, 0.15) is 35.7 Å². The number of benzene rings is 2. The van der Waals surface area contributed by atoms with Crippen molar-refractivity contribution in [3.63, 3.8) is 0 Å². The Labute approximate surface area is 160 Å². The third-order valence-electron chi connectivity index (χ3n) is 5.02. The Kier molecular flexibility index (Phi) is 6.60. The molecule has 5 heteroatoms. The lowest BCUT2D eigenvalue weighted by Crippen LogP contribution is -2.47. The summed E-state index contributed by atoms with van der Waals surface area (Å²) >= 11 is 0. The molecule has 0 aromatic heterocycles. The van der Waals surface area contributed by atoms with E-state index in [1.54, 1.807) is 24.3 Å². The van der Waals surface area contributed by atoms with Crippen LogP contribution in [0, 0.1) is 5.92 Å². The number of ketones is 1. The minimum absolute atomic E-state index is 0.0180. The van der Waals surface area contributed by atoms with Gasteiger partial charge in [-0.2, -0.15) is 0 Å². The van der Waals surface area contributed by atoms with E-state index in [0.717, 1.165) is 25.8 Å². The molecule has 0 radical (unpaired) electrons. The lowest BCUT2D eigenvalue weighted by molar-refractivity contribution is 0.101. The third kappa shape index (κ3) is 5.93. The SMILES string of the molecule is CC(=O)c1cccc(NC(=O)NC[C@@H]2CC[C@H](Cc3ccccc3)CN2)c1. The van der Waals surface area contributed by atoms with Gasteiger partial charge >= 0.3 is 6.03 Å². The average molecular weight is 365 g/mol. The molecule has 2 amide bonds. The van der Waals surface area contributed by atoms with Crippen LogP contribution in [0.3, 0.4) is 0 Å². The van der Waals surface area contributed by atoms with E-state index >= 15 is 0 Å². The van der Waals surface area contributed by atoms with Crippen molar-refractivity contribution in [2.24, 2.45) is 5.92 Å². The first-order valence-electron chi connectivity index (χ1n) is 9.53. The fraction of sp³-hybridized carbons (Fsp3) is 0.364. The van der Waals surface area contributed by atoms with E-state index in [4.69, 9.17) is 0 Å². The number of amides is 2. The van der Waals surface area contributed by atoms with Crippen LogP contribution in [0.25, 0.3) is 0 Å². The number of rotatable bonds is 6. The molecule has 2 aromatic rings. The van der Waals surface area contributed by atoms with Gasteiger partial charge in [-0.1, -0.05) is 42.5 Å². The molecule has 3 N–H and O–H groups in total. The fourth-order valence-electron chi connectivity index (χ4n) is 3.48. The van der Waals surface area contributed by atoms with Gasteiger partial charge in [-0.05, 0) is 56.3 Å². The minimum atomic E-state index is -0.246. The average Bonchev–Trinajstić information content (AvgIpc) is 2.68. The Bertz CT molecular complexity index is 768. The quantitative estimate of drug-likeness (QED) is 0.685. The molecule has 0 aliphatic carbocycles. The van der Waals surface area contributed by atoms with Gasteiger partial charge in [0.15, 0.2) is 5.78 Å². The molecule has 0 saturated carbocycles. The molecule has 0 unspecified atom stereocenters. The van der Waals surface area contributed by atoms with Gasteiger partial charge in [0, 0.05) is 23.8 Å². The standard InChI is InChI=1S/C22H27N3O2/c1-16(26)19-8-5-9-20(13-19)25-22(27)24-15-21-11-10-18(14-23-21)12-17-6-3-2-4-7-17/h2-9,13,18,21,23H,10-12,14-15H2,1H3,(H2,24,25,27)/t18-,21+/m1/s1. The molecule has 5 nitrogen and oxygen atoms in total. The van der Waals surface area contributed by atoms with Gasteiger partial charge in [-0.25, -0.2) is 4.79 Å². The summed E-state index contributed by atoms with van der Waals surface area (Å²) in [6.07, 6.45) is 3.31. The lowest BCUT2D eigenvalue weighted by atomic mass is 9.89. The van der Waals surface area contributed by atoms with E-state index in [1.807, 2.05) is 6.07 Å². The monoisotopic (exact) mass is 365 g/mol. The Balaban J connectivity index is 1.39. The van der Waals surface area contributed by atoms with E-state index in [-0.39, 0.29) is 11.8 Å². The van der Waals surface area contributed by atoms with Crippen molar-refractivity contribution in [1.29, 1.82) is 0 Å². The predicted molar refractivity (Wildman–Crippen MR) is 108 cm³/mol. The number of nitrogens with one attached hydrogen (secondary N) is 3. The Morgan fingerprint density at radius 3 is 2.59 bits per heavy atom. The maximum Gasteiger partial charge on any atom is 0.319 e. The van der Waals surface area contributed by atoms with Gasteiger partial charge < -0.3 is 16.0 Å². The highest BCUT2D eigenvalue weighted by atomic mass is 16.2. The van der Waals surface area contributed by atoms with Crippen LogP contribution >= 0.6 is 0 Å². The Morgan fingerprint density at radius 2 is 1.89 bits per heavy atom. The fourth-order valence-corrected chi connectivity index (χ4v) is 3.48. The second-order valence-electron chi connectivity index (χ2n) is 7.21. The van der Waals surface area contributed by atoms with Gasteiger partial charge in [-0.3, -0.25) is 4.79 Å². The predicted octanol–water partition coefficient (Wildman–Crippen LogP) is 3.62. The van der Waals surface area contributed by atoms with Crippen molar-refractivity contribution < 1.29 is 9.59 Å². The zero-order chi connectivity index (χ0) is 19.1. The number of hydrogen-bond acceptors (Lipinski definition) is 3. The second-order valence-corrected chi connectivity index (χ2v) is 7.21. The molecule has 27 heavy (non-hydrogen) atoms. The van der Waals surface area contributed by atoms with Crippen LogP contribution in [0.15, 0.2) is 54.6 Å². The summed E-state index contributed by atoms with van der Waals surface area (Å²) in [6, 6.07) is 17.6. The first-order valence-corrected chi connectivity index (χ1v) is 9.53. The van der Waals surface area contributed by atoms with Gasteiger partial charge in [-0.15, -0.1) is 0 Å². The number of carbonyl (C=O) groups is 2. The molecular weight excluding hydrogens is 338 g/mol. The first kappa shape index (κ1) is 19.1. The van der Waals surface area contributed by atoms with Crippen molar-refractivity contribution in [3.05, 3.63) is 65.7 Å². The summed E-state index contributed by atoms with van der Waals surface area (Å²) in [7, 11) is 0. The van der Waals surface area contributed by atoms with Crippen LogP contribution in [0.2, 0.25) is 0 Å². The Morgan fingerprint density at radius 1 is 1.07 bits per heavy atom. The molecule has 1 aliphatic heterocycles. The second kappa shape index (κ2) is 9.33. The van der Waals surface area contributed by atoms with Gasteiger partial charge in [0.05, 0.1) is 0 Å². The number of hydrogen-bond donors (Lipinski definition) is 3. The summed E-state index contributed by atoms with van der Waals surface area (Å²) < 4.78 is 0. The molecule has 1 saturated heterocycles. The highest BCUT2D eigenvalue weighted by Gasteiger charge is 2.21. The van der Waals surface area contributed by atoms with Gasteiger partial charge in [0.2, 0.25) is 0 Å². The van der Waals surface area contributed by atoms with Crippen molar-refractivity contribution in [3.8, 4) is 0 Å². The molecule has 1 heterocycles. The molecule has 1 fully saturated rings. The van der Waals surface area contributed by atoms with Crippen molar-refractivity contribution in [1.82, 2.24) is 10.6 Å². The number of urea groups is 1. The van der Waals surface area contributed by atoms with Gasteiger partial charge in [0.1, 0.15) is 0 Å². The van der Waals surface area contributed by atoms with E-state index in [0.29, 0.717) is 29.8 Å². The summed E-state index contributed by atoms with van der Waals surface area (Å²) in [4.78, 5) is 23.5. The van der Waals surface area contributed by atoms with Crippen LogP contribution < -0.4 is 16.0 Å². The van der Waals surface area contributed by atoms with Crippen molar-refractivity contribution >= 4 is 17.5 Å². The molecule has 142 valence electrons. The van der Waals surface area contributed by atoms with Crippen LogP contribution in [-0.4, -0.2) is 30.9 Å². The molecule has 3 rings (SSSR count). The zero-order valence-corrected chi connectivity index (χ0v) is 15.7. The van der Waals surface area contributed by atoms with E-state index < -0.39 is 0 Å².